The van der Waals surface area contributed by atoms with Crippen LogP contribution in [0.5, 0.6) is 0 Å². The molecule has 0 aliphatic carbocycles. The number of nitrogens with zero attached hydrogens (tertiary/aromatic N) is 5. The quantitative estimate of drug-likeness (QED) is 0.205. The maximum Gasteiger partial charge on any atom is 0.337 e. The minimum absolute atomic E-state index is 0.665. The van der Waals surface area contributed by atoms with Crippen molar-refractivity contribution in [2.75, 3.05) is 18.5 Å². The number of hydrogen-bond acceptors (Lipinski definition) is 5. The highest BCUT2D eigenvalue weighted by molar-refractivity contribution is 6.09. The fraction of sp³-hybridized carbons (Fsp3) is 0.289. The summed E-state index contributed by atoms with van der Waals surface area (Å²) in [6, 6.07) is 21.1. The summed E-state index contributed by atoms with van der Waals surface area (Å²) in [5, 5.41) is 17.1. The van der Waals surface area contributed by atoms with Crippen LogP contribution in [0.2, 0.25) is 0 Å². The van der Waals surface area contributed by atoms with E-state index < -0.39 is 17.7 Å². The second-order valence-corrected chi connectivity index (χ2v) is 13.4. The van der Waals surface area contributed by atoms with E-state index >= 15 is 0 Å². The Kier molecular flexibility index (Phi) is 7.01. The van der Waals surface area contributed by atoms with Crippen molar-refractivity contribution in [3.05, 3.63) is 89.7 Å². The van der Waals surface area contributed by atoms with Gasteiger partial charge in [0.15, 0.2) is 6.10 Å². The average molecular weight is 614 g/mol. The number of pyridine rings is 1. The molecule has 1 N–H and O–H groups in total. The van der Waals surface area contributed by atoms with Crippen LogP contribution in [0.4, 0.5) is 5.69 Å². The van der Waals surface area contributed by atoms with Crippen LogP contribution in [0.25, 0.3) is 55.4 Å². The molecule has 7 rings (SSSR count). The zero-order chi connectivity index (χ0) is 32.5. The Morgan fingerprint density at radius 1 is 0.935 bits per heavy atom. The molecule has 1 aliphatic rings. The minimum atomic E-state index is -1.14. The van der Waals surface area contributed by atoms with E-state index in [2.05, 4.69) is 89.2 Å². The molecule has 0 radical (unpaired) electrons. The number of aromatic nitrogens is 4. The van der Waals surface area contributed by atoms with Crippen molar-refractivity contribution in [1.82, 2.24) is 19.3 Å². The third kappa shape index (κ3) is 4.93. The Labute approximate surface area is 268 Å². The Morgan fingerprint density at radius 2 is 1.67 bits per heavy atom. The molecule has 8 heteroatoms. The third-order valence-corrected chi connectivity index (χ3v) is 9.06. The third-order valence-electron chi connectivity index (χ3n) is 9.06. The summed E-state index contributed by atoms with van der Waals surface area (Å²) in [4.78, 5) is 20.0. The summed E-state index contributed by atoms with van der Waals surface area (Å²) in [5.41, 5.74) is 11.2. The number of carboxylic acid groups (broad SMARTS) is 1. The van der Waals surface area contributed by atoms with Crippen LogP contribution in [-0.2, 0) is 23.1 Å². The number of fused-ring (bicyclic) bond motifs is 1. The molecule has 3 aromatic carbocycles. The van der Waals surface area contributed by atoms with Gasteiger partial charge in [0.2, 0.25) is 0 Å². The number of likely N-dealkylation sites (N-methyl/N-ethyl adjacent to an activating group) is 1. The van der Waals surface area contributed by atoms with Gasteiger partial charge < -0.3 is 19.3 Å². The standard InChI is InChI=1S/C38H39N5O3/c1-22-8-10-24(11-9-22)33-28-20-31(26-14-15-39-29(19-26)25-12-13-30-27(18-25)21-40-42(30)7)43-17-16-41(6)34(35(28)43)23(2)32(33)36(37(44)45)46-38(3,4)5/h8-15,18-21,36H,16-17H2,1-7H3,(H,44,45). The molecule has 3 aromatic heterocycles. The van der Waals surface area contributed by atoms with E-state index in [1.165, 1.54) is 0 Å². The molecule has 1 unspecified atom stereocenters. The van der Waals surface area contributed by atoms with Crippen molar-refractivity contribution in [2.24, 2.45) is 7.05 Å². The summed E-state index contributed by atoms with van der Waals surface area (Å²) < 4.78 is 10.6. The van der Waals surface area contributed by atoms with Crippen molar-refractivity contribution in [2.45, 2.75) is 52.9 Å². The lowest BCUT2D eigenvalue weighted by atomic mass is 9.87. The lowest BCUT2D eigenvalue weighted by molar-refractivity contribution is -0.160. The van der Waals surface area contributed by atoms with Crippen LogP contribution in [0.3, 0.4) is 0 Å². The van der Waals surface area contributed by atoms with E-state index in [9.17, 15) is 9.90 Å². The van der Waals surface area contributed by atoms with Gasteiger partial charge in [-0.3, -0.25) is 9.67 Å². The number of aryl methyl sites for hydroxylation is 2. The highest BCUT2D eigenvalue weighted by Crippen LogP contribution is 2.49. The van der Waals surface area contributed by atoms with E-state index in [0.29, 0.717) is 5.56 Å². The normalized spacial score (nSPS) is 13.9. The van der Waals surface area contributed by atoms with Crippen LogP contribution in [0.1, 0.15) is 43.6 Å². The number of aliphatic carboxylic acids is 1. The summed E-state index contributed by atoms with van der Waals surface area (Å²) in [6.07, 6.45) is 2.60. The van der Waals surface area contributed by atoms with Crippen molar-refractivity contribution in [3.63, 3.8) is 0 Å². The number of ether oxygens (including phenoxy) is 1. The minimum Gasteiger partial charge on any atom is -0.479 e. The van der Waals surface area contributed by atoms with Gasteiger partial charge in [-0.2, -0.15) is 5.10 Å². The molecule has 0 saturated heterocycles. The first-order chi connectivity index (χ1) is 21.9. The number of anilines is 1. The summed E-state index contributed by atoms with van der Waals surface area (Å²) >= 11 is 0. The molecule has 0 fully saturated rings. The second kappa shape index (κ2) is 10.8. The summed E-state index contributed by atoms with van der Waals surface area (Å²) in [6.45, 7) is 11.4. The smallest absolute Gasteiger partial charge is 0.337 e. The average Bonchev–Trinajstić information content (AvgIpc) is 3.59. The maximum absolute atomic E-state index is 13.0. The first-order valence-electron chi connectivity index (χ1n) is 15.7. The van der Waals surface area contributed by atoms with Gasteiger partial charge >= 0.3 is 5.97 Å². The maximum atomic E-state index is 13.0. The summed E-state index contributed by atoms with van der Waals surface area (Å²) in [5.74, 6) is -1.000. The number of carbonyl (C=O) groups is 1. The lowest BCUT2D eigenvalue weighted by Gasteiger charge is -2.34. The van der Waals surface area contributed by atoms with Gasteiger partial charge in [0, 0.05) is 66.5 Å². The molecule has 4 heterocycles. The molecule has 1 atom stereocenters. The van der Waals surface area contributed by atoms with Crippen molar-refractivity contribution >= 4 is 33.5 Å². The van der Waals surface area contributed by atoms with Crippen molar-refractivity contribution in [3.8, 4) is 33.6 Å². The van der Waals surface area contributed by atoms with Crippen LogP contribution in [-0.4, -0.2) is 49.6 Å². The topological polar surface area (TPSA) is 85.4 Å². The van der Waals surface area contributed by atoms with Gasteiger partial charge in [0.05, 0.1) is 34.2 Å². The monoisotopic (exact) mass is 613 g/mol. The zero-order valence-electron chi connectivity index (χ0n) is 27.4. The van der Waals surface area contributed by atoms with Gasteiger partial charge in [-0.05, 0) is 81.6 Å². The first-order valence-corrected chi connectivity index (χ1v) is 15.7. The molecule has 46 heavy (non-hydrogen) atoms. The van der Waals surface area contributed by atoms with E-state index in [1.54, 1.807) is 0 Å². The largest absolute Gasteiger partial charge is 0.479 e. The molecule has 0 amide bonds. The Morgan fingerprint density at radius 3 is 2.39 bits per heavy atom. The molecule has 8 nitrogen and oxygen atoms in total. The van der Waals surface area contributed by atoms with Crippen molar-refractivity contribution in [1.29, 1.82) is 0 Å². The Balaban J connectivity index is 1.51. The molecule has 1 aliphatic heterocycles. The molecule has 6 aromatic rings. The molecular formula is C38H39N5O3. The molecule has 0 bridgehead atoms. The number of rotatable bonds is 6. The van der Waals surface area contributed by atoms with Crippen molar-refractivity contribution < 1.29 is 14.6 Å². The van der Waals surface area contributed by atoms with Gasteiger partial charge in [0.25, 0.3) is 0 Å². The van der Waals surface area contributed by atoms with Crippen LogP contribution in [0.15, 0.2) is 73.1 Å². The summed E-state index contributed by atoms with van der Waals surface area (Å²) in [7, 11) is 4.04. The van der Waals surface area contributed by atoms with Gasteiger partial charge in [-0.1, -0.05) is 35.9 Å². The first kappa shape index (κ1) is 29.7. The fourth-order valence-corrected chi connectivity index (χ4v) is 6.95. The molecule has 234 valence electrons. The predicted molar refractivity (Wildman–Crippen MR) is 184 cm³/mol. The number of carboxylic acids is 1. The Hall–Kier alpha value is -4.95. The SMILES string of the molecule is Cc1ccc(-c2c(C(OC(C)(C)C)C(=O)O)c(C)c3c4c2cc(-c2ccnc(-c5ccc6c(cnn6C)c5)c2)n4CCN3C)cc1. The Bertz CT molecular complexity index is 2150. The molecule has 0 spiro atoms. The van der Waals surface area contributed by atoms with E-state index in [4.69, 9.17) is 9.72 Å². The zero-order valence-corrected chi connectivity index (χ0v) is 27.4. The van der Waals surface area contributed by atoms with E-state index in [1.807, 2.05) is 51.8 Å². The lowest BCUT2D eigenvalue weighted by Crippen LogP contribution is -2.31. The van der Waals surface area contributed by atoms with E-state index in [0.717, 1.165) is 85.4 Å². The highest BCUT2D eigenvalue weighted by Gasteiger charge is 2.36. The van der Waals surface area contributed by atoms with Crippen LogP contribution >= 0.6 is 0 Å². The number of hydrogen-bond donors (Lipinski definition) is 1. The van der Waals surface area contributed by atoms with E-state index in [-0.39, 0.29) is 0 Å². The van der Waals surface area contributed by atoms with Gasteiger partial charge in [0.1, 0.15) is 0 Å². The van der Waals surface area contributed by atoms with Gasteiger partial charge in [-0.15, -0.1) is 0 Å². The fourth-order valence-electron chi connectivity index (χ4n) is 6.95. The second-order valence-electron chi connectivity index (χ2n) is 13.4. The molecule has 0 saturated carbocycles. The predicted octanol–water partition coefficient (Wildman–Crippen LogP) is 7.93. The highest BCUT2D eigenvalue weighted by atomic mass is 16.5. The number of benzene rings is 3. The molecular weight excluding hydrogens is 574 g/mol. The van der Waals surface area contributed by atoms with Crippen LogP contribution in [0, 0.1) is 13.8 Å². The van der Waals surface area contributed by atoms with Gasteiger partial charge in [-0.25, -0.2) is 4.79 Å². The van der Waals surface area contributed by atoms with Crippen LogP contribution < -0.4 is 4.90 Å².